The maximum Gasteiger partial charge on any atom is 0.410 e. The van der Waals surface area contributed by atoms with Crippen molar-refractivity contribution >= 4 is 6.09 Å². The van der Waals surface area contributed by atoms with Gasteiger partial charge in [-0.2, -0.15) is 0 Å². The van der Waals surface area contributed by atoms with Gasteiger partial charge in [0.15, 0.2) is 6.29 Å². The van der Waals surface area contributed by atoms with E-state index in [0.717, 1.165) is 17.6 Å². The molecule has 6 atom stereocenters. The minimum Gasteiger partial charge on any atom is -0.445 e. The highest BCUT2D eigenvalue weighted by Crippen LogP contribution is 2.47. The summed E-state index contributed by atoms with van der Waals surface area (Å²) in [6.07, 6.45) is -0.547. The van der Waals surface area contributed by atoms with E-state index in [1.165, 1.54) is 0 Å². The van der Waals surface area contributed by atoms with Crippen LogP contribution in [-0.2, 0) is 20.8 Å². The zero-order valence-electron chi connectivity index (χ0n) is 14.9. The molecule has 3 saturated heterocycles. The molecular formula is C20H25NO5. The van der Waals surface area contributed by atoms with E-state index in [0.29, 0.717) is 6.54 Å². The third kappa shape index (κ3) is 3.02. The van der Waals surface area contributed by atoms with Crippen LogP contribution < -0.4 is 0 Å². The van der Waals surface area contributed by atoms with Gasteiger partial charge in [0.05, 0.1) is 18.8 Å². The monoisotopic (exact) mass is 359 g/mol. The minimum atomic E-state index is -0.510. The van der Waals surface area contributed by atoms with Crippen LogP contribution in [0, 0.1) is 11.8 Å². The summed E-state index contributed by atoms with van der Waals surface area (Å²) in [5.41, 5.74) is 2.01. The SMILES string of the molecule is C=C(C)[C@H]1CN(C(=O)OCc2ccccc2)[C@H]2[C@@H]3O[C@@H](CO)[C@H](C[C@H]21)O3. The van der Waals surface area contributed by atoms with Crippen molar-refractivity contribution < 1.29 is 24.1 Å². The molecule has 3 aliphatic heterocycles. The van der Waals surface area contributed by atoms with Crippen molar-refractivity contribution in [3.8, 4) is 0 Å². The second-order valence-corrected chi connectivity index (χ2v) is 7.44. The van der Waals surface area contributed by atoms with Gasteiger partial charge < -0.3 is 19.3 Å². The molecule has 0 aliphatic carbocycles. The first-order valence-electron chi connectivity index (χ1n) is 9.13. The van der Waals surface area contributed by atoms with Crippen molar-refractivity contribution in [2.24, 2.45) is 11.8 Å². The fourth-order valence-corrected chi connectivity index (χ4v) is 4.46. The Labute approximate surface area is 153 Å². The number of nitrogens with zero attached hydrogens (tertiary/aromatic N) is 1. The second kappa shape index (κ2) is 7.02. The van der Waals surface area contributed by atoms with Crippen molar-refractivity contribution in [3.05, 3.63) is 48.0 Å². The van der Waals surface area contributed by atoms with E-state index in [-0.39, 0.29) is 49.4 Å². The highest BCUT2D eigenvalue weighted by molar-refractivity contribution is 5.69. The normalized spacial score (nSPS) is 35.2. The zero-order valence-corrected chi connectivity index (χ0v) is 14.9. The molecule has 2 bridgehead atoms. The third-order valence-electron chi connectivity index (χ3n) is 5.78. The number of carbonyl (C=O) groups is 1. The lowest BCUT2D eigenvalue weighted by Gasteiger charge is -2.35. The number of aliphatic hydroxyl groups excluding tert-OH is 1. The van der Waals surface area contributed by atoms with E-state index in [4.69, 9.17) is 14.2 Å². The molecule has 6 heteroatoms. The van der Waals surface area contributed by atoms with E-state index in [2.05, 4.69) is 6.58 Å². The summed E-state index contributed by atoms with van der Waals surface area (Å²) in [5, 5.41) is 9.51. The number of aliphatic hydroxyl groups is 1. The summed E-state index contributed by atoms with van der Waals surface area (Å²) in [6, 6.07) is 9.42. The topological polar surface area (TPSA) is 68.2 Å². The number of fused-ring (bicyclic) bond motifs is 4. The van der Waals surface area contributed by atoms with Crippen molar-refractivity contribution in [2.45, 2.75) is 44.5 Å². The Bertz CT molecular complexity index is 678. The van der Waals surface area contributed by atoms with E-state index in [1.54, 1.807) is 4.90 Å². The Balaban J connectivity index is 1.50. The molecule has 1 aromatic carbocycles. The second-order valence-electron chi connectivity index (χ2n) is 7.44. The fraction of sp³-hybridized carbons (Fsp3) is 0.550. The molecule has 4 rings (SSSR count). The van der Waals surface area contributed by atoms with E-state index in [9.17, 15) is 9.90 Å². The fourth-order valence-electron chi connectivity index (χ4n) is 4.46. The Morgan fingerprint density at radius 3 is 2.81 bits per heavy atom. The molecule has 140 valence electrons. The maximum atomic E-state index is 12.8. The molecule has 0 radical (unpaired) electrons. The lowest BCUT2D eigenvalue weighted by molar-refractivity contribution is -0.138. The van der Waals surface area contributed by atoms with Gasteiger partial charge in [-0.05, 0) is 24.8 Å². The number of rotatable bonds is 4. The van der Waals surface area contributed by atoms with Gasteiger partial charge in [-0.3, -0.25) is 4.90 Å². The van der Waals surface area contributed by atoms with Crippen LogP contribution in [0.5, 0.6) is 0 Å². The predicted octanol–water partition coefficient (Wildman–Crippen LogP) is 2.32. The Hall–Kier alpha value is -1.89. The molecule has 1 N–H and O–H groups in total. The lowest BCUT2D eigenvalue weighted by atomic mass is 9.80. The van der Waals surface area contributed by atoms with E-state index in [1.807, 2.05) is 37.3 Å². The van der Waals surface area contributed by atoms with Crippen LogP contribution in [0.4, 0.5) is 4.79 Å². The van der Waals surface area contributed by atoms with Crippen molar-refractivity contribution in [2.75, 3.05) is 13.2 Å². The summed E-state index contributed by atoms with van der Waals surface area (Å²) >= 11 is 0. The number of likely N-dealkylation sites (tertiary alicyclic amines) is 1. The Morgan fingerprint density at radius 1 is 1.35 bits per heavy atom. The van der Waals surface area contributed by atoms with Gasteiger partial charge in [0.25, 0.3) is 0 Å². The molecule has 0 unspecified atom stereocenters. The Morgan fingerprint density at radius 2 is 2.12 bits per heavy atom. The molecule has 0 saturated carbocycles. The first kappa shape index (κ1) is 17.5. The smallest absolute Gasteiger partial charge is 0.410 e. The molecule has 3 fully saturated rings. The summed E-state index contributed by atoms with van der Waals surface area (Å²) in [5.74, 6) is 0.413. The zero-order chi connectivity index (χ0) is 18.3. The number of benzene rings is 1. The average molecular weight is 359 g/mol. The number of ether oxygens (including phenoxy) is 3. The highest BCUT2D eigenvalue weighted by Gasteiger charge is 2.58. The van der Waals surface area contributed by atoms with Gasteiger partial charge in [-0.1, -0.05) is 42.5 Å². The molecule has 26 heavy (non-hydrogen) atoms. The van der Waals surface area contributed by atoms with Crippen LogP contribution in [-0.4, -0.2) is 53.8 Å². The standard InChI is InChI=1S/C20H25NO5/c1-12(2)15-9-21(20(23)24-11-13-6-4-3-5-7-13)18-14(15)8-16-17(10-22)26-19(18)25-16/h3-7,14-19,22H,1,8-11H2,2H3/t14-,15+,16-,17-,18+,19-/m0/s1. The largest absolute Gasteiger partial charge is 0.445 e. The van der Waals surface area contributed by atoms with Crippen LogP contribution in [0.25, 0.3) is 0 Å². The quantitative estimate of drug-likeness (QED) is 0.836. The summed E-state index contributed by atoms with van der Waals surface area (Å²) < 4.78 is 17.3. The number of hydrogen-bond acceptors (Lipinski definition) is 5. The number of amides is 1. The highest BCUT2D eigenvalue weighted by atomic mass is 16.7. The number of hydrogen-bond donors (Lipinski definition) is 1. The molecule has 3 heterocycles. The molecule has 3 aliphatic rings. The lowest BCUT2D eigenvalue weighted by Crippen LogP contribution is -2.49. The molecule has 1 amide bonds. The van der Waals surface area contributed by atoms with E-state index >= 15 is 0 Å². The molecule has 0 spiro atoms. The third-order valence-corrected chi connectivity index (χ3v) is 5.78. The van der Waals surface area contributed by atoms with Gasteiger partial charge in [0.2, 0.25) is 0 Å². The summed E-state index contributed by atoms with van der Waals surface area (Å²) in [4.78, 5) is 14.5. The van der Waals surface area contributed by atoms with Gasteiger partial charge in [-0.15, -0.1) is 0 Å². The van der Waals surface area contributed by atoms with Crippen molar-refractivity contribution in [3.63, 3.8) is 0 Å². The van der Waals surface area contributed by atoms with Gasteiger partial charge in [0.1, 0.15) is 12.7 Å². The van der Waals surface area contributed by atoms with Gasteiger partial charge in [-0.25, -0.2) is 4.79 Å². The van der Waals surface area contributed by atoms with Crippen molar-refractivity contribution in [1.29, 1.82) is 0 Å². The van der Waals surface area contributed by atoms with Crippen LogP contribution in [0.2, 0.25) is 0 Å². The maximum absolute atomic E-state index is 12.8. The van der Waals surface area contributed by atoms with Crippen molar-refractivity contribution in [1.82, 2.24) is 4.90 Å². The molecule has 1 aromatic rings. The minimum absolute atomic E-state index is 0.0726. The average Bonchev–Trinajstić information content (AvgIpc) is 3.20. The first-order chi connectivity index (χ1) is 12.6. The van der Waals surface area contributed by atoms with Crippen LogP contribution >= 0.6 is 0 Å². The van der Waals surface area contributed by atoms with Gasteiger partial charge in [0, 0.05) is 12.5 Å². The van der Waals surface area contributed by atoms with Crippen LogP contribution in [0.3, 0.4) is 0 Å². The summed E-state index contributed by atoms with van der Waals surface area (Å²) in [7, 11) is 0. The van der Waals surface area contributed by atoms with Crippen LogP contribution in [0.15, 0.2) is 42.5 Å². The molecular weight excluding hydrogens is 334 g/mol. The molecule has 0 aromatic heterocycles. The predicted molar refractivity (Wildman–Crippen MR) is 94.2 cm³/mol. The number of carbonyl (C=O) groups excluding carboxylic acids is 1. The summed E-state index contributed by atoms with van der Waals surface area (Å²) in [6.45, 7) is 6.85. The van der Waals surface area contributed by atoms with Crippen LogP contribution in [0.1, 0.15) is 18.9 Å². The first-order valence-corrected chi connectivity index (χ1v) is 9.13. The molecule has 6 nitrogen and oxygen atoms in total. The van der Waals surface area contributed by atoms with Gasteiger partial charge >= 0.3 is 6.09 Å². The Kier molecular flexibility index (Phi) is 4.73. The van der Waals surface area contributed by atoms with E-state index < -0.39 is 6.29 Å².